The van der Waals surface area contributed by atoms with Crippen molar-refractivity contribution in [2.24, 2.45) is 0 Å². The highest BCUT2D eigenvalue weighted by Gasteiger charge is 2.45. The summed E-state index contributed by atoms with van der Waals surface area (Å²) in [4.78, 5) is 48.6. The SMILES string of the molecule is Nc1ncnc2c1ncn2[C@@H]1O[C@H](COP(O)(=S)CP(=O)(O)OP(=O)(O)O)C(O)[C@@H]1O. The van der Waals surface area contributed by atoms with Crippen LogP contribution in [0.1, 0.15) is 6.23 Å². The van der Waals surface area contributed by atoms with Crippen molar-refractivity contribution in [2.75, 3.05) is 18.2 Å². The molecule has 20 heteroatoms. The van der Waals surface area contributed by atoms with Crippen LogP contribution in [-0.4, -0.2) is 80.1 Å². The van der Waals surface area contributed by atoms with Crippen molar-refractivity contribution in [3.8, 4) is 0 Å². The molecule has 16 nitrogen and oxygen atoms in total. The summed E-state index contributed by atoms with van der Waals surface area (Å²) in [5.41, 5.74) is 6.16. The molecule has 31 heavy (non-hydrogen) atoms. The molecule has 1 aliphatic rings. The minimum Gasteiger partial charge on any atom is -0.387 e. The highest BCUT2D eigenvalue weighted by molar-refractivity contribution is 8.12. The average Bonchev–Trinajstić information content (AvgIpc) is 3.13. The third kappa shape index (κ3) is 5.92. The number of imidazole rings is 1. The summed E-state index contributed by atoms with van der Waals surface area (Å²) in [5.74, 6) is -1.18. The van der Waals surface area contributed by atoms with Crippen molar-refractivity contribution in [3.05, 3.63) is 12.7 Å². The van der Waals surface area contributed by atoms with Gasteiger partial charge in [-0.1, -0.05) is 0 Å². The van der Waals surface area contributed by atoms with Crippen molar-refractivity contribution in [3.63, 3.8) is 0 Å². The molecule has 1 saturated heterocycles. The first-order valence-corrected chi connectivity index (χ1v) is 14.3. The number of hydrogen-bond acceptors (Lipinski definition) is 12. The first-order chi connectivity index (χ1) is 14.2. The fraction of sp³-hybridized carbons (Fsp3) is 0.545. The Balaban J connectivity index is 1.69. The number of aliphatic hydroxyl groups excluding tert-OH is 2. The van der Waals surface area contributed by atoms with E-state index >= 15 is 0 Å². The van der Waals surface area contributed by atoms with E-state index in [0.29, 0.717) is 0 Å². The zero-order chi connectivity index (χ0) is 23.2. The van der Waals surface area contributed by atoms with Crippen molar-refractivity contribution in [1.29, 1.82) is 0 Å². The van der Waals surface area contributed by atoms with Gasteiger partial charge in [-0.15, -0.1) is 0 Å². The fourth-order valence-electron chi connectivity index (χ4n) is 2.80. The minimum atomic E-state index is -5.32. The number of nitrogens with two attached hydrogens (primary N) is 1. The number of aromatic nitrogens is 4. The molecule has 0 amide bonds. The number of aliphatic hydroxyl groups is 2. The average molecular weight is 521 g/mol. The highest BCUT2D eigenvalue weighted by Crippen LogP contribution is 2.64. The summed E-state index contributed by atoms with van der Waals surface area (Å²) in [5, 5.41) is 20.6. The summed E-state index contributed by atoms with van der Waals surface area (Å²) in [6.45, 7) is -4.72. The van der Waals surface area contributed by atoms with Gasteiger partial charge in [-0.05, 0) is 11.8 Å². The second-order valence-electron chi connectivity index (χ2n) is 6.41. The molecule has 0 saturated carbocycles. The van der Waals surface area contributed by atoms with Gasteiger partial charge in [0.2, 0.25) is 0 Å². The number of rotatable bonds is 8. The first kappa shape index (κ1) is 24.7. The third-order valence-electron chi connectivity index (χ3n) is 4.03. The van der Waals surface area contributed by atoms with E-state index in [1.165, 1.54) is 17.2 Å². The van der Waals surface area contributed by atoms with Crippen LogP contribution in [0.3, 0.4) is 0 Å². The van der Waals surface area contributed by atoms with Gasteiger partial charge >= 0.3 is 15.4 Å². The molecule has 2 aromatic rings. The van der Waals surface area contributed by atoms with E-state index in [0.717, 1.165) is 0 Å². The van der Waals surface area contributed by atoms with Crippen LogP contribution in [0.2, 0.25) is 0 Å². The van der Waals surface area contributed by atoms with Crippen LogP contribution in [0, 0.1) is 0 Å². The van der Waals surface area contributed by atoms with Crippen LogP contribution in [0.5, 0.6) is 0 Å². The van der Waals surface area contributed by atoms with Gasteiger partial charge in [-0.2, -0.15) is 0 Å². The molecule has 0 radical (unpaired) electrons. The van der Waals surface area contributed by atoms with Gasteiger partial charge < -0.3 is 44.8 Å². The largest absolute Gasteiger partial charge is 0.476 e. The molecule has 0 aromatic carbocycles. The molecule has 1 fully saturated rings. The molecule has 0 aliphatic carbocycles. The van der Waals surface area contributed by atoms with Crippen LogP contribution in [-0.2, 0) is 34.5 Å². The molecule has 3 unspecified atom stereocenters. The molecule has 2 aromatic heterocycles. The number of nitrogens with zero attached hydrogens (tertiary/aromatic N) is 4. The van der Waals surface area contributed by atoms with Crippen LogP contribution in [0.25, 0.3) is 11.2 Å². The molecule has 0 bridgehead atoms. The quantitative estimate of drug-likeness (QED) is 0.197. The van der Waals surface area contributed by atoms with Crippen LogP contribution in [0.15, 0.2) is 12.7 Å². The topological polar surface area (TPSA) is 253 Å². The van der Waals surface area contributed by atoms with Gasteiger partial charge in [0, 0.05) is 0 Å². The number of anilines is 1. The van der Waals surface area contributed by atoms with Crippen LogP contribution in [0.4, 0.5) is 5.82 Å². The van der Waals surface area contributed by atoms with Gasteiger partial charge in [0.15, 0.2) is 24.2 Å². The van der Waals surface area contributed by atoms with E-state index in [9.17, 15) is 29.1 Å². The van der Waals surface area contributed by atoms with E-state index in [4.69, 9.17) is 36.6 Å². The van der Waals surface area contributed by atoms with Gasteiger partial charge in [-0.25, -0.2) is 23.8 Å². The van der Waals surface area contributed by atoms with Crippen molar-refractivity contribution in [2.45, 2.75) is 24.5 Å². The molecule has 0 spiro atoms. The maximum Gasteiger partial charge on any atom is 0.476 e. The zero-order valence-corrected chi connectivity index (χ0v) is 18.7. The van der Waals surface area contributed by atoms with Gasteiger partial charge in [0.25, 0.3) is 0 Å². The van der Waals surface area contributed by atoms with E-state index in [2.05, 4.69) is 19.3 Å². The fourth-order valence-corrected chi connectivity index (χ4v) is 8.81. The molecular weight excluding hydrogens is 503 g/mol. The van der Waals surface area contributed by atoms with E-state index in [1.807, 2.05) is 0 Å². The van der Waals surface area contributed by atoms with Crippen molar-refractivity contribution < 1.29 is 52.5 Å². The second-order valence-corrected chi connectivity index (χ2v) is 13.7. The summed E-state index contributed by atoms with van der Waals surface area (Å²) in [7, 11) is -10.3. The van der Waals surface area contributed by atoms with Gasteiger partial charge in [0.05, 0.1) is 12.9 Å². The molecule has 3 rings (SSSR count). The van der Waals surface area contributed by atoms with Gasteiger partial charge in [-0.3, -0.25) is 9.13 Å². The monoisotopic (exact) mass is 521 g/mol. The Bertz CT molecular complexity index is 1110. The maximum absolute atomic E-state index is 11.7. The summed E-state index contributed by atoms with van der Waals surface area (Å²) < 4.78 is 38.0. The van der Waals surface area contributed by atoms with Crippen molar-refractivity contribution >= 4 is 50.7 Å². The Morgan fingerprint density at radius 1 is 1.16 bits per heavy atom. The first-order valence-electron chi connectivity index (χ1n) is 8.19. The van der Waals surface area contributed by atoms with Crippen LogP contribution < -0.4 is 5.73 Å². The summed E-state index contributed by atoms with van der Waals surface area (Å²) >= 11 is 4.70. The Hall–Kier alpha value is -0.900. The standard InChI is InChI=1S/C11H18N5O11P3S/c12-9-6-10(14-2-13-9)16(3-15-6)11-8(18)7(17)5(26-11)1-25-29(21,31)4-28(19,20)27-30(22,23)24/h2-3,5,7-8,11,17-18H,1,4H2,(H,19,20)(H,21,31)(H2,12,13,14)(H2,22,23,24)/t5-,7?,8+,11-,29?/m1/s1. The second kappa shape index (κ2) is 8.80. The lowest BCUT2D eigenvalue weighted by Gasteiger charge is -2.22. The van der Waals surface area contributed by atoms with E-state index in [1.54, 1.807) is 0 Å². The molecule has 6 atom stereocenters. The number of nitrogen functional groups attached to an aromatic ring is 1. The Morgan fingerprint density at radius 3 is 2.48 bits per heavy atom. The Kier molecular flexibility index (Phi) is 7.02. The lowest BCUT2D eigenvalue weighted by Crippen LogP contribution is -2.33. The molecule has 8 N–H and O–H groups in total. The van der Waals surface area contributed by atoms with Crippen molar-refractivity contribution in [1.82, 2.24) is 19.5 Å². The maximum atomic E-state index is 11.7. The van der Waals surface area contributed by atoms with E-state index < -0.39 is 59.0 Å². The zero-order valence-electron chi connectivity index (χ0n) is 15.2. The lowest BCUT2D eigenvalue weighted by molar-refractivity contribution is -0.0473. The molecule has 1 aliphatic heterocycles. The predicted octanol–water partition coefficient (Wildman–Crippen LogP) is -1.40. The minimum absolute atomic E-state index is 0.0867. The number of fused-ring (bicyclic) bond motifs is 1. The lowest BCUT2D eigenvalue weighted by atomic mass is 10.1. The normalized spacial score (nSPS) is 28.5. The smallest absolute Gasteiger partial charge is 0.387 e. The molecule has 174 valence electrons. The third-order valence-corrected chi connectivity index (χ3v) is 10.7. The number of hydrogen-bond donors (Lipinski definition) is 7. The molecule has 3 heterocycles. The predicted molar refractivity (Wildman–Crippen MR) is 106 cm³/mol. The van der Waals surface area contributed by atoms with E-state index in [-0.39, 0.29) is 17.0 Å². The molecular formula is C11H18N5O11P3S. The number of phosphoric acid groups is 1. The van der Waals surface area contributed by atoms with Gasteiger partial charge in [0.1, 0.15) is 36.1 Å². The Labute approximate surface area is 178 Å². The number of ether oxygens (including phenoxy) is 1. The highest BCUT2D eigenvalue weighted by atomic mass is 32.5. The summed E-state index contributed by atoms with van der Waals surface area (Å²) in [6.07, 6.45) is -3.00. The Morgan fingerprint density at radius 2 is 1.84 bits per heavy atom. The summed E-state index contributed by atoms with van der Waals surface area (Å²) in [6, 6.07) is 0. The van der Waals surface area contributed by atoms with Crippen LogP contribution >= 0.6 is 21.9 Å².